The van der Waals surface area contributed by atoms with Crippen LogP contribution < -0.4 is 5.32 Å². The molecule has 2 heteroatoms. The van der Waals surface area contributed by atoms with Crippen molar-refractivity contribution < 1.29 is 0 Å². The van der Waals surface area contributed by atoms with Gasteiger partial charge in [0, 0.05) is 30.7 Å². The molecule has 0 amide bonds. The second kappa shape index (κ2) is 6.13. The number of hydrogen-bond acceptors (Lipinski definition) is 2. The second-order valence-electron chi connectivity index (χ2n) is 7.89. The van der Waals surface area contributed by atoms with Crippen LogP contribution >= 0.6 is 0 Å². The van der Waals surface area contributed by atoms with Gasteiger partial charge < -0.3 is 5.32 Å². The van der Waals surface area contributed by atoms with Crippen LogP contribution in [-0.4, -0.2) is 35.6 Å². The van der Waals surface area contributed by atoms with Crippen molar-refractivity contribution in [1.29, 1.82) is 0 Å². The molecule has 0 radical (unpaired) electrons. The third-order valence-corrected chi connectivity index (χ3v) is 5.47. The van der Waals surface area contributed by atoms with E-state index in [9.17, 15) is 0 Å². The van der Waals surface area contributed by atoms with Gasteiger partial charge in [-0.3, -0.25) is 4.90 Å². The number of nitrogens with zero attached hydrogens (tertiary/aromatic N) is 1. The number of piperazine rings is 1. The van der Waals surface area contributed by atoms with Crippen molar-refractivity contribution in [2.45, 2.75) is 85.9 Å². The van der Waals surface area contributed by atoms with Gasteiger partial charge in [0.05, 0.1) is 0 Å². The molecule has 1 N–H and O–H groups in total. The van der Waals surface area contributed by atoms with E-state index < -0.39 is 0 Å². The van der Waals surface area contributed by atoms with Crippen LogP contribution in [0.5, 0.6) is 0 Å². The molecule has 2 atom stereocenters. The summed E-state index contributed by atoms with van der Waals surface area (Å²) >= 11 is 0. The molecular weight excluding hydrogens is 232 g/mol. The van der Waals surface area contributed by atoms with E-state index in [-0.39, 0.29) is 0 Å². The normalized spacial score (nSPS) is 26.7. The Morgan fingerprint density at radius 2 is 1.68 bits per heavy atom. The number of nitrogens with one attached hydrogen (secondary N) is 1. The molecule has 0 aromatic rings. The van der Waals surface area contributed by atoms with Crippen molar-refractivity contribution in [3.05, 3.63) is 0 Å². The van der Waals surface area contributed by atoms with E-state index in [2.05, 4.69) is 65.6 Å². The average Bonchev–Trinajstić information content (AvgIpc) is 2.35. The monoisotopic (exact) mass is 268 g/mol. The molecule has 0 aliphatic carbocycles. The number of rotatable bonds is 4. The van der Waals surface area contributed by atoms with E-state index in [1.807, 2.05) is 0 Å². The van der Waals surface area contributed by atoms with Crippen LogP contribution in [0.15, 0.2) is 0 Å². The minimum Gasteiger partial charge on any atom is -0.308 e. The number of hydrogen-bond donors (Lipinski definition) is 1. The van der Waals surface area contributed by atoms with Crippen molar-refractivity contribution in [1.82, 2.24) is 10.2 Å². The summed E-state index contributed by atoms with van der Waals surface area (Å²) in [6, 6.07) is 1.29. The van der Waals surface area contributed by atoms with Gasteiger partial charge in [-0.15, -0.1) is 0 Å². The second-order valence-corrected chi connectivity index (χ2v) is 7.89. The van der Waals surface area contributed by atoms with Crippen LogP contribution in [0.4, 0.5) is 0 Å². The van der Waals surface area contributed by atoms with E-state index in [0.717, 1.165) is 6.54 Å². The van der Waals surface area contributed by atoms with Crippen LogP contribution in [0.3, 0.4) is 0 Å². The molecule has 2 unspecified atom stereocenters. The molecule has 0 spiro atoms. The van der Waals surface area contributed by atoms with E-state index in [4.69, 9.17) is 0 Å². The van der Waals surface area contributed by atoms with Crippen molar-refractivity contribution in [2.75, 3.05) is 13.1 Å². The molecule has 1 saturated heterocycles. The van der Waals surface area contributed by atoms with Crippen molar-refractivity contribution in [2.24, 2.45) is 11.3 Å². The quantitative estimate of drug-likeness (QED) is 0.831. The van der Waals surface area contributed by atoms with Gasteiger partial charge in [0.2, 0.25) is 0 Å². The summed E-state index contributed by atoms with van der Waals surface area (Å²) in [7, 11) is 0. The molecule has 1 fully saturated rings. The first-order valence-corrected chi connectivity index (χ1v) is 8.17. The van der Waals surface area contributed by atoms with Crippen LogP contribution in [0.2, 0.25) is 0 Å². The van der Waals surface area contributed by atoms with Gasteiger partial charge in [0.1, 0.15) is 0 Å². The van der Waals surface area contributed by atoms with Crippen molar-refractivity contribution in [3.8, 4) is 0 Å². The van der Waals surface area contributed by atoms with Gasteiger partial charge in [-0.1, -0.05) is 48.5 Å². The maximum absolute atomic E-state index is 3.86. The fourth-order valence-corrected chi connectivity index (χ4v) is 3.22. The summed E-state index contributed by atoms with van der Waals surface area (Å²) < 4.78 is 0. The highest BCUT2D eigenvalue weighted by Crippen LogP contribution is 2.33. The average molecular weight is 268 g/mol. The molecule has 1 aliphatic rings. The fraction of sp³-hybridized carbons (Fsp3) is 1.00. The zero-order chi connectivity index (χ0) is 14.8. The van der Waals surface area contributed by atoms with E-state index in [1.165, 1.54) is 19.4 Å². The summed E-state index contributed by atoms with van der Waals surface area (Å²) in [5, 5.41) is 3.86. The van der Waals surface area contributed by atoms with Gasteiger partial charge in [0.15, 0.2) is 0 Å². The molecule has 1 rings (SSSR count). The molecule has 0 saturated carbocycles. The fourth-order valence-electron chi connectivity index (χ4n) is 3.22. The highest BCUT2D eigenvalue weighted by Gasteiger charge is 2.41. The topological polar surface area (TPSA) is 15.3 Å². The Labute approximate surface area is 121 Å². The Hall–Kier alpha value is -0.0800. The molecule has 2 nitrogen and oxygen atoms in total. The van der Waals surface area contributed by atoms with Gasteiger partial charge in [-0.05, 0) is 31.1 Å². The van der Waals surface area contributed by atoms with E-state index in [0.29, 0.717) is 29.0 Å². The van der Waals surface area contributed by atoms with Crippen molar-refractivity contribution in [3.63, 3.8) is 0 Å². The predicted octanol–water partition coefficient (Wildman–Crippen LogP) is 3.91. The zero-order valence-corrected chi connectivity index (χ0v) is 14.5. The highest BCUT2D eigenvalue weighted by atomic mass is 15.3. The molecule has 0 aromatic heterocycles. The Bertz CT molecular complexity index is 271. The molecule has 19 heavy (non-hydrogen) atoms. The summed E-state index contributed by atoms with van der Waals surface area (Å²) in [4.78, 5) is 2.79. The van der Waals surface area contributed by atoms with Gasteiger partial charge in [-0.2, -0.15) is 0 Å². The largest absolute Gasteiger partial charge is 0.308 e. The van der Waals surface area contributed by atoms with Crippen LogP contribution in [0, 0.1) is 11.3 Å². The third-order valence-electron chi connectivity index (χ3n) is 5.47. The van der Waals surface area contributed by atoms with E-state index in [1.54, 1.807) is 0 Å². The first-order chi connectivity index (χ1) is 8.67. The Balaban J connectivity index is 2.97. The SMILES string of the molecule is CCC1(CC)CN(C(C)C(C)(C)C)C(C(C)C)CN1. The third kappa shape index (κ3) is 3.72. The van der Waals surface area contributed by atoms with Gasteiger partial charge >= 0.3 is 0 Å². The smallest absolute Gasteiger partial charge is 0.0304 e. The van der Waals surface area contributed by atoms with Crippen LogP contribution in [0.25, 0.3) is 0 Å². The Kier molecular flexibility index (Phi) is 5.48. The predicted molar refractivity (Wildman–Crippen MR) is 85.6 cm³/mol. The lowest BCUT2D eigenvalue weighted by molar-refractivity contribution is -0.0129. The first-order valence-electron chi connectivity index (χ1n) is 8.17. The molecule has 1 aliphatic heterocycles. The summed E-state index contributed by atoms with van der Waals surface area (Å²) in [5.74, 6) is 0.712. The maximum Gasteiger partial charge on any atom is 0.0304 e. The molecule has 1 heterocycles. The lowest BCUT2D eigenvalue weighted by Crippen LogP contribution is -2.67. The van der Waals surface area contributed by atoms with E-state index >= 15 is 0 Å². The summed E-state index contributed by atoms with van der Waals surface area (Å²) in [5.41, 5.74) is 0.669. The summed E-state index contributed by atoms with van der Waals surface area (Å²) in [6.07, 6.45) is 2.45. The molecule has 114 valence electrons. The van der Waals surface area contributed by atoms with Gasteiger partial charge in [0.25, 0.3) is 0 Å². The van der Waals surface area contributed by atoms with Gasteiger partial charge in [-0.25, -0.2) is 0 Å². The lowest BCUT2D eigenvalue weighted by atomic mass is 9.80. The highest BCUT2D eigenvalue weighted by molar-refractivity contribution is 5.00. The zero-order valence-electron chi connectivity index (χ0n) is 14.5. The Morgan fingerprint density at radius 3 is 2.05 bits per heavy atom. The van der Waals surface area contributed by atoms with Crippen LogP contribution in [0.1, 0.15) is 68.2 Å². The van der Waals surface area contributed by atoms with Crippen molar-refractivity contribution >= 4 is 0 Å². The standard InChI is InChI=1S/C17H36N2/c1-9-17(10-2)12-19(14(5)16(6,7)8)15(11-18-17)13(3)4/h13-15,18H,9-12H2,1-8H3. The minimum absolute atomic E-state index is 0.324. The molecule has 0 bridgehead atoms. The molecule has 0 aromatic carbocycles. The summed E-state index contributed by atoms with van der Waals surface area (Å²) in [6.45, 7) is 21.2. The lowest BCUT2D eigenvalue weighted by Gasteiger charge is -2.53. The Morgan fingerprint density at radius 1 is 1.16 bits per heavy atom. The first kappa shape index (κ1) is 17.0. The van der Waals surface area contributed by atoms with Crippen LogP contribution in [-0.2, 0) is 0 Å². The maximum atomic E-state index is 3.86. The molecular formula is C17H36N2. The minimum atomic E-state index is 0.324.